The van der Waals surface area contributed by atoms with E-state index in [-0.39, 0.29) is 18.3 Å². The van der Waals surface area contributed by atoms with Gasteiger partial charge in [-0.05, 0) is 43.3 Å². The van der Waals surface area contributed by atoms with Gasteiger partial charge in [-0.15, -0.1) is 5.10 Å². The van der Waals surface area contributed by atoms with Crippen molar-refractivity contribution >= 4 is 11.6 Å². The fourth-order valence-electron chi connectivity index (χ4n) is 2.72. The van der Waals surface area contributed by atoms with Gasteiger partial charge in [0.15, 0.2) is 0 Å². The van der Waals surface area contributed by atoms with Gasteiger partial charge in [-0.2, -0.15) is 9.78 Å². The Morgan fingerprint density at radius 1 is 1.07 bits per heavy atom. The van der Waals surface area contributed by atoms with Crippen LogP contribution in [0.25, 0.3) is 17.1 Å². The molecule has 0 unspecified atom stereocenters. The van der Waals surface area contributed by atoms with Crippen LogP contribution in [0.5, 0.6) is 0 Å². The fraction of sp³-hybridized carbons (Fsp3) is 0.105. The molecule has 4 rings (SSSR count). The number of para-hydroxylation sites is 1. The molecular formula is C19H14ClFN4O2. The number of nitrogens with zero attached hydrogens (tertiary/aromatic N) is 4. The van der Waals surface area contributed by atoms with Crippen LogP contribution in [0.4, 0.5) is 4.39 Å². The second kappa shape index (κ2) is 6.85. The molecule has 0 bridgehead atoms. The van der Waals surface area contributed by atoms with Crippen LogP contribution in [0.1, 0.15) is 11.3 Å². The predicted octanol–water partition coefficient (Wildman–Crippen LogP) is 3.84. The van der Waals surface area contributed by atoms with Crippen molar-refractivity contribution in [3.05, 3.63) is 87.4 Å². The van der Waals surface area contributed by atoms with E-state index in [9.17, 15) is 9.18 Å². The third-order valence-electron chi connectivity index (χ3n) is 4.13. The second-order valence-electron chi connectivity index (χ2n) is 5.94. The largest absolute Gasteiger partial charge is 0.437 e. The molecule has 4 aromatic rings. The predicted molar refractivity (Wildman–Crippen MR) is 98.6 cm³/mol. The summed E-state index contributed by atoms with van der Waals surface area (Å²) in [6, 6.07) is 15.0. The number of aryl methyl sites for hydroxylation is 1. The van der Waals surface area contributed by atoms with Crippen LogP contribution in [-0.4, -0.2) is 19.6 Å². The van der Waals surface area contributed by atoms with Gasteiger partial charge in [0.2, 0.25) is 5.89 Å². The topological polar surface area (TPSA) is 65.8 Å². The van der Waals surface area contributed by atoms with Crippen molar-refractivity contribution in [1.82, 2.24) is 19.6 Å². The van der Waals surface area contributed by atoms with Crippen LogP contribution in [0, 0.1) is 12.7 Å². The van der Waals surface area contributed by atoms with Crippen molar-refractivity contribution < 1.29 is 8.81 Å². The first-order valence-electron chi connectivity index (χ1n) is 8.16. The van der Waals surface area contributed by atoms with Crippen LogP contribution in [0.15, 0.2) is 63.8 Å². The maximum atomic E-state index is 13.1. The number of benzene rings is 2. The SMILES string of the molecule is Cc1nn(-c2ccccc2)c(Cl)c1Cn1nc(-c2ccc(F)cc2)oc1=O. The molecule has 2 aromatic heterocycles. The monoisotopic (exact) mass is 384 g/mol. The van der Waals surface area contributed by atoms with Crippen molar-refractivity contribution in [3.8, 4) is 17.1 Å². The van der Waals surface area contributed by atoms with E-state index in [0.29, 0.717) is 22.0 Å². The highest BCUT2D eigenvalue weighted by Gasteiger charge is 2.18. The summed E-state index contributed by atoms with van der Waals surface area (Å²) >= 11 is 6.49. The number of hydrogen-bond donors (Lipinski definition) is 0. The van der Waals surface area contributed by atoms with Crippen molar-refractivity contribution in [1.29, 1.82) is 0 Å². The number of rotatable bonds is 4. The Labute approximate surface area is 158 Å². The molecule has 2 aromatic carbocycles. The summed E-state index contributed by atoms with van der Waals surface area (Å²) in [5.41, 5.74) is 2.68. The molecule has 0 N–H and O–H groups in total. The molecule has 0 aliphatic heterocycles. The minimum Gasteiger partial charge on any atom is -0.388 e. The zero-order valence-electron chi connectivity index (χ0n) is 14.3. The Bertz CT molecular complexity index is 1150. The van der Waals surface area contributed by atoms with Crippen LogP contribution in [0.3, 0.4) is 0 Å². The molecule has 27 heavy (non-hydrogen) atoms. The van der Waals surface area contributed by atoms with Gasteiger partial charge >= 0.3 is 5.76 Å². The van der Waals surface area contributed by atoms with Crippen molar-refractivity contribution in [2.45, 2.75) is 13.5 Å². The van der Waals surface area contributed by atoms with E-state index >= 15 is 0 Å². The summed E-state index contributed by atoms with van der Waals surface area (Å²) in [5.74, 6) is -0.891. The molecule has 0 amide bonds. The van der Waals surface area contributed by atoms with Gasteiger partial charge in [0, 0.05) is 11.1 Å². The molecule has 0 spiro atoms. The van der Waals surface area contributed by atoms with Gasteiger partial charge in [0.05, 0.1) is 17.9 Å². The van der Waals surface area contributed by atoms with E-state index in [2.05, 4.69) is 10.2 Å². The maximum absolute atomic E-state index is 13.1. The fourth-order valence-corrected chi connectivity index (χ4v) is 3.05. The Hall–Kier alpha value is -3.19. The summed E-state index contributed by atoms with van der Waals surface area (Å²) in [5, 5.41) is 9.04. The molecular weight excluding hydrogens is 371 g/mol. The average molecular weight is 385 g/mol. The summed E-state index contributed by atoms with van der Waals surface area (Å²) in [6.07, 6.45) is 0. The summed E-state index contributed by atoms with van der Waals surface area (Å²) in [7, 11) is 0. The highest BCUT2D eigenvalue weighted by molar-refractivity contribution is 6.30. The molecule has 0 aliphatic carbocycles. The Morgan fingerprint density at radius 3 is 2.48 bits per heavy atom. The smallest absolute Gasteiger partial charge is 0.388 e. The minimum absolute atomic E-state index is 0.112. The minimum atomic E-state index is -0.628. The lowest BCUT2D eigenvalue weighted by Crippen LogP contribution is -2.17. The van der Waals surface area contributed by atoms with Crippen LogP contribution in [-0.2, 0) is 6.54 Å². The molecule has 0 saturated carbocycles. The first-order valence-corrected chi connectivity index (χ1v) is 8.54. The zero-order chi connectivity index (χ0) is 19.0. The number of halogens is 2. The summed E-state index contributed by atoms with van der Waals surface area (Å²) < 4.78 is 21.0. The van der Waals surface area contributed by atoms with Gasteiger partial charge in [0.25, 0.3) is 0 Å². The summed E-state index contributed by atoms with van der Waals surface area (Å²) in [4.78, 5) is 12.2. The van der Waals surface area contributed by atoms with Gasteiger partial charge in [-0.1, -0.05) is 29.8 Å². The molecule has 0 atom stereocenters. The standard InChI is InChI=1S/C19H14ClFN4O2/c1-12-16(17(20)25(22-12)15-5-3-2-4-6-15)11-24-19(26)27-18(23-24)13-7-9-14(21)10-8-13/h2-10H,11H2,1H3. The number of hydrogen-bond acceptors (Lipinski definition) is 4. The van der Waals surface area contributed by atoms with E-state index in [4.69, 9.17) is 16.0 Å². The lowest BCUT2D eigenvalue weighted by atomic mass is 10.2. The third kappa shape index (κ3) is 3.29. The normalized spacial score (nSPS) is 11.1. The lowest BCUT2D eigenvalue weighted by molar-refractivity contribution is 0.494. The molecule has 0 saturated heterocycles. The first kappa shape index (κ1) is 17.2. The highest BCUT2D eigenvalue weighted by Crippen LogP contribution is 2.24. The van der Waals surface area contributed by atoms with Crippen molar-refractivity contribution in [2.24, 2.45) is 0 Å². The van der Waals surface area contributed by atoms with E-state index in [0.717, 1.165) is 5.69 Å². The van der Waals surface area contributed by atoms with Gasteiger partial charge < -0.3 is 4.42 Å². The van der Waals surface area contributed by atoms with Crippen LogP contribution in [0.2, 0.25) is 5.15 Å². The van der Waals surface area contributed by atoms with Gasteiger partial charge in [-0.3, -0.25) is 0 Å². The van der Waals surface area contributed by atoms with Crippen molar-refractivity contribution in [2.75, 3.05) is 0 Å². The molecule has 0 fully saturated rings. The van der Waals surface area contributed by atoms with Crippen molar-refractivity contribution in [3.63, 3.8) is 0 Å². The average Bonchev–Trinajstić information content (AvgIpc) is 3.18. The third-order valence-corrected chi connectivity index (χ3v) is 4.52. The lowest BCUT2D eigenvalue weighted by Gasteiger charge is -2.03. The Balaban J connectivity index is 1.68. The number of aromatic nitrogens is 4. The van der Waals surface area contributed by atoms with E-state index < -0.39 is 5.76 Å². The molecule has 6 nitrogen and oxygen atoms in total. The van der Waals surface area contributed by atoms with E-state index in [1.807, 2.05) is 37.3 Å². The van der Waals surface area contributed by atoms with Crippen LogP contribution >= 0.6 is 11.6 Å². The first-order chi connectivity index (χ1) is 13.0. The maximum Gasteiger partial charge on any atom is 0.437 e. The molecule has 8 heteroatoms. The van der Waals surface area contributed by atoms with Crippen LogP contribution < -0.4 is 5.76 Å². The highest BCUT2D eigenvalue weighted by atomic mass is 35.5. The Kier molecular flexibility index (Phi) is 4.37. The molecule has 2 heterocycles. The molecule has 136 valence electrons. The van der Waals surface area contributed by atoms with Gasteiger partial charge in [0.1, 0.15) is 11.0 Å². The van der Waals surface area contributed by atoms with E-state index in [1.165, 1.54) is 28.9 Å². The molecule has 0 aliphatic rings. The van der Waals surface area contributed by atoms with E-state index in [1.54, 1.807) is 4.68 Å². The Morgan fingerprint density at radius 2 is 1.78 bits per heavy atom. The summed E-state index contributed by atoms with van der Waals surface area (Å²) in [6.45, 7) is 1.92. The molecule has 0 radical (unpaired) electrons. The zero-order valence-corrected chi connectivity index (χ0v) is 15.0. The van der Waals surface area contributed by atoms with Gasteiger partial charge in [-0.25, -0.2) is 13.9 Å². The quantitative estimate of drug-likeness (QED) is 0.536. The second-order valence-corrected chi connectivity index (χ2v) is 6.30.